The van der Waals surface area contributed by atoms with Crippen LogP contribution in [-0.2, 0) is 23.9 Å². The maximum Gasteiger partial charge on any atom is 0.309 e. The number of hydrogen-bond donors (Lipinski definition) is 1. The second kappa shape index (κ2) is 12.0. The lowest BCUT2D eigenvalue weighted by Gasteiger charge is -2.39. The second-order valence-corrected chi connectivity index (χ2v) is 10.5. The normalized spacial score (nSPS) is 25.2. The van der Waals surface area contributed by atoms with Crippen molar-refractivity contribution >= 4 is 17.8 Å². The van der Waals surface area contributed by atoms with Crippen molar-refractivity contribution in [1.29, 1.82) is 0 Å². The first-order valence-electron chi connectivity index (χ1n) is 12.9. The Morgan fingerprint density at radius 2 is 1.75 bits per heavy atom. The third kappa shape index (κ3) is 7.21. The molecule has 2 rings (SSSR count). The van der Waals surface area contributed by atoms with Gasteiger partial charge in [0, 0.05) is 18.9 Å². The third-order valence-electron chi connectivity index (χ3n) is 7.32. The molecule has 32 heavy (non-hydrogen) atoms. The van der Waals surface area contributed by atoms with Gasteiger partial charge in [0.25, 0.3) is 0 Å². The fourth-order valence-corrected chi connectivity index (χ4v) is 5.85. The molecule has 0 spiro atoms. The van der Waals surface area contributed by atoms with Gasteiger partial charge in [-0.1, -0.05) is 39.5 Å². The van der Waals surface area contributed by atoms with Gasteiger partial charge in [0.05, 0.1) is 17.9 Å². The Hall–Kier alpha value is -1.59. The van der Waals surface area contributed by atoms with Crippen LogP contribution >= 0.6 is 0 Å². The lowest BCUT2D eigenvalue weighted by Crippen LogP contribution is -2.50. The number of carbonyl (C=O) groups excluding carboxylic acids is 3. The van der Waals surface area contributed by atoms with E-state index in [2.05, 4.69) is 12.2 Å². The van der Waals surface area contributed by atoms with Gasteiger partial charge in [-0.15, -0.1) is 0 Å². The Bertz CT molecular complexity index is 638. The molecule has 2 aliphatic rings. The molecule has 3 unspecified atom stereocenters. The Balaban J connectivity index is 2.06. The summed E-state index contributed by atoms with van der Waals surface area (Å²) < 4.78 is 11.0. The Morgan fingerprint density at radius 1 is 1.06 bits per heavy atom. The Morgan fingerprint density at radius 3 is 2.34 bits per heavy atom. The molecule has 0 aromatic carbocycles. The van der Waals surface area contributed by atoms with Crippen molar-refractivity contribution in [2.24, 2.45) is 17.3 Å². The van der Waals surface area contributed by atoms with Crippen molar-refractivity contribution in [2.45, 2.75) is 123 Å². The van der Waals surface area contributed by atoms with E-state index in [9.17, 15) is 14.4 Å². The second-order valence-electron chi connectivity index (χ2n) is 10.5. The Labute approximate surface area is 194 Å². The van der Waals surface area contributed by atoms with Crippen molar-refractivity contribution in [2.75, 3.05) is 6.61 Å². The molecule has 1 amide bonds. The summed E-state index contributed by atoms with van der Waals surface area (Å²) in [5, 5.41) is 3.36. The van der Waals surface area contributed by atoms with E-state index in [1.807, 2.05) is 20.8 Å². The van der Waals surface area contributed by atoms with Gasteiger partial charge in [-0.2, -0.15) is 0 Å². The van der Waals surface area contributed by atoms with E-state index in [0.717, 1.165) is 64.2 Å². The monoisotopic (exact) mass is 451 g/mol. The number of unbranched alkanes of at least 4 members (excludes halogenated alkanes) is 1. The number of nitrogens with one attached hydrogen (secondary N) is 1. The molecule has 0 bridgehead atoms. The predicted octanol–water partition coefficient (Wildman–Crippen LogP) is 5.32. The van der Waals surface area contributed by atoms with Crippen LogP contribution in [0.3, 0.4) is 0 Å². The first kappa shape index (κ1) is 26.7. The van der Waals surface area contributed by atoms with Crippen LogP contribution < -0.4 is 5.32 Å². The fourth-order valence-electron chi connectivity index (χ4n) is 5.85. The molecule has 2 saturated carbocycles. The standard InChI is InChI=1S/C26H45NO5/c1-6-9-12-19-17-20(13-14-21(19)23(29)31-8-3)27-24(30)26(15-10-11-16-26)18-25(4,5)32-22(28)7-2/h19-21H,6-18H2,1-5H3,(H,27,30). The maximum absolute atomic E-state index is 13.6. The van der Waals surface area contributed by atoms with Crippen molar-refractivity contribution in [3.05, 3.63) is 0 Å². The molecule has 6 heteroatoms. The molecule has 184 valence electrons. The molecule has 0 saturated heterocycles. The van der Waals surface area contributed by atoms with E-state index in [1.165, 1.54) is 0 Å². The fraction of sp³-hybridized carbons (Fsp3) is 0.885. The zero-order valence-electron chi connectivity index (χ0n) is 21.0. The molecule has 0 aromatic rings. The van der Waals surface area contributed by atoms with Crippen LogP contribution in [0.5, 0.6) is 0 Å². The number of amides is 1. The van der Waals surface area contributed by atoms with Gasteiger partial charge in [0.1, 0.15) is 5.60 Å². The average molecular weight is 452 g/mol. The number of hydrogen-bond acceptors (Lipinski definition) is 5. The molecular weight excluding hydrogens is 406 g/mol. The number of ether oxygens (including phenoxy) is 2. The highest BCUT2D eigenvalue weighted by atomic mass is 16.6. The first-order valence-corrected chi connectivity index (χ1v) is 12.9. The smallest absolute Gasteiger partial charge is 0.309 e. The molecule has 0 aromatic heterocycles. The minimum atomic E-state index is -0.667. The summed E-state index contributed by atoms with van der Waals surface area (Å²) in [4.78, 5) is 37.9. The van der Waals surface area contributed by atoms with Crippen LogP contribution in [0.4, 0.5) is 0 Å². The van der Waals surface area contributed by atoms with E-state index < -0.39 is 11.0 Å². The van der Waals surface area contributed by atoms with E-state index in [4.69, 9.17) is 9.47 Å². The zero-order chi connectivity index (χ0) is 23.8. The summed E-state index contributed by atoms with van der Waals surface area (Å²) in [6.45, 7) is 10.1. The van der Waals surface area contributed by atoms with Crippen molar-refractivity contribution in [3.8, 4) is 0 Å². The van der Waals surface area contributed by atoms with Crippen LogP contribution in [0.2, 0.25) is 0 Å². The molecule has 6 nitrogen and oxygen atoms in total. The first-order chi connectivity index (χ1) is 15.2. The summed E-state index contributed by atoms with van der Waals surface area (Å²) in [5.74, 6) is 0.00574. The molecule has 0 aliphatic heterocycles. The highest BCUT2D eigenvalue weighted by molar-refractivity contribution is 5.83. The van der Waals surface area contributed by atoms with Gasteiger partial charge in [0.15, 0.2) is 0 Å². The van der Waals surface area contributed by atoms with E-state index in [1.54, 1.807) is 6.92 Å². The average Bonchev–Trinajstić information content (AvgIpc) is 3.21. The number of carbonyl (C=O) groups is 3. The van der Waals surface area contributed by atoms with Crippen LogP contribution in [-0.4, -0.2) is 36.1 Å². The third-order valence-corrected chi connectivity index (χ3v) is 7.32. The molecule has 2 fully saturated rings. The maximum atomic E-state index is 13.6. The number of esters is 2. The van der Waals surface area contributed by atoms with Gasteiger partial charge in [-0.3, -0.25) is 14.4 Å². The van der Waals surface area contributed by atoms with Crippen molar-refractivity contribution in [1.82, 2.24) is 5.32 Å². The molecule has 1 N–H and O–H groups in total. The summed E-state index contributed by atoms with van der Waals surface area (Å²) in [5.41, 5.74) is -1.14. The highest BCUT2D eigenvalue weighted by Crippen LogP contribution is 2.46. The quantitative estimate of drug-likeness (QED) is 0.430. The topological polar surface area (TPSA) is 81.7 Å². The van der Waals surface area contributed by atoms with E-state index in [-0.39, 0.29) is 35.7 Å². The lowest BCUT2D eigenvalue weighted by molar-refractivity contribution is -0.162. The minimum Gasteiger partial charge on any atom is -0.466 e. The SMILES string of the molecule is CCCCC1CC(NC(=O)C2(CC(C)(C)OC(=O)CC)CCCC2)CCC1C(=O)OCC. The van der Waals surface area contributed by atoms with Crippen LogP contribution in [0.15, 0.2) is 0 Å². The summed E-state index contributed by atoms with van der Waals surface area (Å²) in [6, 6.07) is 0.0915. The predicted molar refractivity (Wildman–Crippen MR) is 125 cm³/mol. The molecule has 0 heterocycles. The van der Waals surface area contributed by atoms with Crippen LogP contribution in [0.1, 0.15) is 112 Å². The minimum absolute atomic E-state index is 0.0533. The highest BCUT2D eigenvalue weighted by Gasteiger charge is 2.47. The van der Waals surface area contributed by atoms with Gasteiger partial charge >= 0.3 is 11.9 Å². The summed E-state index contributed by atoms with van der Waals surface area (Å²) in [6.07, 6.45) is 10.2. The molecule has 2 aliphatic carbocycles. The van der Waals surface area contributed by atoms with Crippen molar-refractivity contribution < 1.29 is 23.9 Å². The van der Waals surface area contributed by atoms with Crippen molar-refractivity contribution in [3.63, 3.8) is 0 Å². The largest absolute Gasteiger partial charge is 0.466 e. The number of rotatable bonds is 11. The van der Waals surface area contributed by atoms with Crippen LogP contribution in [0.25, 0.3) is 0 Å². The molecule has 0 radical (unpaired) electrons. The van der Waals surface area contributed by atoms with Gasteiger partial charge in [-0.25, -0.2) is 0 Å². The van der Waals surface area contributed by atoms with Gasteiger partial charge in [-0.05, 0) is 65.2 Å². The van der Waals surface area contributed by atoms with Gasteiger partial charge < -0.3 is 14.8 Å². The van der Waals surface area contributed by atoms with Gasteiger partial charge in [0.2, 0.25) is 5.91 Å². The zero-order valence-corrected chi connectivity index (χ0v) is 21.0. The van der Waals surface area contributed by atoms with Crippen LogP contribution in [0, 0.1) is 17.3 Å². The summed E-state index contributed by atoms with van der Waals surface area (Å²) in [7, 11) is 0. The Kier molecular flexibility index (Phi) is 10.0. The summed E-state index contributed by atoms with van der Waals surface area (Å²) >= 11 is 0. The molecule has 3 atom stereocenters. The van der Waals surface area contributed by atoms with E-state index >= 15 is 0 Å². The lowest BCUT2D eigenvalue weighted by atomic mass is 9.73. The molecular formula is C26H45NO5. The van der Waals surface area contributed by atoms with E-state index in [0.29, 0.717) is 19.4 Å².